The van der Waals surface area contributed by atoms with Crippen molar-refractivity contribution in [1.29, 1.82) is 0 Å². The first-order valence-corrected chi connectivity index (χ1v) is 8.34. The summed E-state index contributed by atoms with van der Waals surface area (Å²) in [6.07, 6.45) is 0.159. The molecule has 0 radical (unpaired) electrons. The van der Waals surface area contributed by atoms with E-state index in [0.717, 1.165) is 0 Å². The Kier molecular flexibility index (Phi) is 3.09. The molecule has 0 aromatic heterocycles. The lowest BCUT2D eigenvalue weighted by Crippen LogP contribution is -2.23. The summed E-state index contributed by atoms with van der Waals surface area (Å²) in [6, 6.07) is 10.8. The van der Waals surface area contributed by atoms with Crippen molar-refractivity contribution in [2.45, 2.75) is 19.1 Å². The summed E-state index contributed by atoms with van der Waals surface area (Å²) in [4.78, 5) is 0. The second-order valence-corrected chi connectivity index (χ2v) is 8.83. The van der Waals surface area contributed by atoms with E-state index in [2.05, 4.69) is 61.8 Å². The largest absolute Gasteiger partial charge is 0.270 e. The summed E-state index contributed by atoms with van der Waals surface area (Å²) >= 11 is 4.63. The van der Waals surface area contributed by atoms with Crippen LogP contribution in [0.3, 0.4) is 0 Å². The third kappa shape index (κ3) is 2.07. The molecule has 1 aromatic carbocycles. The Morgan fingerprint density at radius 2 is 1.93 bits per heavy atom. The predicted molar refractivity (Wildman–Crippen MR) is 69.3 cm³/mol. The van der Waals surface area contributed by atoms with Crippen molar-refractivity contribution in [2.75, 3.05) is 13.7 Å². The van der Waals surface area contributed by atoms with Gasteiger partial charge in [0.05, 0.1) is 18.3 Å². The van der Waals surface area contributed by atoms with E-state index in [4.69, 9.17) is 4.52 Å². The van der Waals surface area contributed by atoms with E-state index in [1.165, 1.54) is 5.56 Å². The molecule has 1 saturated heterocycles. The molecule has 0 aliphatic carbocycles. The third-order valence-corrected chi connectivity index (χ3v) is 6.35. The van der Waals surface area contributed by atoms with Crippen LogP contribution in [0, 0.1) is 0 Å². The average molecular weight is 242 g/mol. The lowest BCUT2D eigenvalue weighted by Gasteiger charge is -2.16. The Hall–Kier alpha value is -0.0800. The van der Waals surface area contributed by atoms with Crippen molar-refractivity contribution >= 4 is 19.1 Å². The fourth-order valence-electron chi connectivity index (χ4n) is 1.89. The summed E-state index contributed by atoms with van der Waals surface area (Å²) in [5, 5.41) is 0. The fraction of sp³-hybridized carbons (Fsp3) is 0.455. The zero-order valence-corrected chi connectivity index (χ0v) is 11.1. The SMILES string of the molecule is C[C@H]1[C@@H](c2ccccc2)O[P+](C)(S)N1C. The molecule has 2 rings (SSSR count). The minimum atomic E-state index is -1.63. The summed E-state index contributed by atoms with van der Waals surface area (Å²) < 4.78 is 8.32. The van der Waals surface area contributed by atoms with Gasteiger partial charge in [-0.2, -0.15) is 4.52 Å². The van der Waals surface area contributed by atoms with Gasteiger partial charge < -0.3 is 0 Å². The molecule has 0 saturated carbocycles. The molecule has 1 aliphatic heterocycles. The van der Waals surface area contributed by atoms with Gasteiger partial charge in [-0.3, -0.25) is 0 Å². The number of hydrogen-bond donors (Lipinski definition) is 1. The lowest BCUT2D eigenvalue weighted by atomic mass is 10.0. The maximum absolute atomic E-state index is 6.06. The van der Waals surface area contributed by atoms with E-state index < -0.39 is 6.84 Å². The highest BCUT2D eigenvalue weighted by Gasteiger charge is 2.52. The smallest absolute Gasteiger partial charge is 0.198 e. The first kappa shape index (κ1) is 11.4. The van der Waals surface area contributed by atoms with Crippen molar-refractivity contribution in [3.05, 3.63) is 35.9 Å². The highest BCUT2D eigenvalue weighted by atomic mass is 32.7. The Labute approximate surface area is 97.3 Å². The number of rotatable bonds is 1. The normalized spacial score (nSPS) is 37.1. The first-order valence-electron chi connectivity index (χ1n) is 5.08. The Morgan fingerprint density at radius 3 is 2.40 bits per heavy atom. The molecule has 4 heteroatoms. The number of nitrogens with zero attached hydrogens (tertiary/aromatic N) is 1. The van der Waals surface area contributed by atoms with Crippen LogP contribution in [0.25, 0.3) is 0 Å². The van der Waals surface area contributed by atoms with Crippen LogP contribution in [0.1, 0.15) is 18.6 Å². The molecule has 15 heavy (non-hydrogen) atoms. The molecule has 2 nitrogen and oxygen atoms in total. The molecule has 0 N–H and O–H groups in total. The number of likely N-dealkylation sites (N-methyl/N-ethyl adjacent to an activating group) is 1. The van der Waals surface area contributed by atoms with E-state index >= 15 is 0 Å². The maximum Gasteiger partial charge on any atom is 0.270 e. The van der Waals surface area contributed by atoms with Crippen LogP contribution in [0.4, 0.5) is 0 Å². The van der Waals surface area contributed by atoms with Gasteiger partial charge in [-0.1, -0.05) is 30.3 Å². The number of thiol groups is 1. The first-order chi connectivity index (χ1) is 7.02. The topological polar surface area (TPSA) is 12.5 Å². The molecule has 1 aromatic rings. The summed E-state index contributed by atoms with van der Waals surface area (Å²) in [5.74, 6) is 0. The Morgan fingerprint density at radius 1 is 1.33 bits per heavy atom. The Balaban J connectivity index is 2.27. The second-order valence-electron chi connectivity index (χ2n) is 4.09. The van der Waals surface area contributed by atoms with Crippen LogP contribution in [-0.4, -0.2) is 24.4 Å². The van der Waals surface area contributed by atoms with Crippen molar-refractivity contribution in [3.8, 4) is 0 Å². The van der Waals surface area contributed by atoms with Crippen LogP contribution in [0.5, 0.6) is 0 Å². The quantitative estimate of drug-likeness (QED) is 0.598. The highest BCUT2D eigenvalue weighted by Crippen LogP contribution is 2.72. The maximum atomic E-state index is 6.06. The van der Waals surface area contributed by atoms with Gasteiger partial charge in [-0.15, -0.1) is 4.67 Å². The Bertz CT molecular complexity index is 344. The molecule has 1 fully saturated rings. The van der Waals surface area contributed by atoms with E-state index in [9.17, 15) is 0 Å². The molecule has 0 bridgehead atoms. The van der Waals surface area contributed by atoms with Crippen LogP contribution in [0.15, 0.2) is 30.3 Å². The van der Waals surface area contributed by atoms with E-state index in [1.54, 1.807) is 0 Å². The van der Waals surface area contributed by atoms with Gasteiger partial charge in [0.15, 0.2) is 0 Å². The van der Waals surface area contributed by atoms with Crippen molar-refractivity contribution < 1.29 is 4.52 Å². The van der Waals surface area contributed by atoms with Gasteiger partial charge in [-0.05, 0) is 12.5 Å². The van der Waals surface area contributed by atoms with Gasteiger partial charge in [0, 0.05) is 7.05 Å². The van der Waals surface area contributed by atoms with Crippen molar-refractivity contribution in [2.24, 2.45) is 0 Å². The van der Waals surface area contributed by atoms with Gasteiger partial charge in [0.1, 0.15) is 12.8 Å². The van der Waals surface area contributed by atoms with Gasteiger partial charge in [0.2, 0.25) is 0 Å². The van der Waals surface area contributed by atoms with Crippen LogP contribution in [-0.2, 0) is 4.52 Å². The second kappa shape index (κ2) is 4.06. The molecule has 1 aliphatic rings. The van der Waals surface area contributed by atoms with E-state index in [-0.39, 0.29) is 6.10 Å². The monoisotopic (exact) mass is 242 g/mol. The van der Waals surface area contributed by atoms with Crippen LogP contribution < -0.4 is 0 Å². The summed E-state index contributed by atoms with van der Waals surface area (Å²) in [6.45, 7) is 2.65. The molecule has 1 heterocycles. The molecular formula is C11H17NOPS+. The zero-order chi connectivity index (χ0) is 11.1. The molecule has 1 unspecified atom stereocenters. The predicted octanol–water partition coefficient (Wildman–Crippen LogP) is 3.40. The summed E-state index contributed by atoms with van der Waals surface area (Å²) in [7, 11) is 2.09. The summed E-state index contributed by atoms with van der Waals surface area (Å²) in [5.41, 5.74) is 1.25. The molecule has 0 amide bonds. The van der Waals surface area contributed by atoms with Crippen molar-refractivity contribution in [3.63, 3.8) is 0 Å². The minimum Gasteiger partial charge on any atom is -0.198 e. The van der Waals surface area contributed by atoms with Gasteiger partial charge in [-0.25, -0.2) is 0 Å². The zero-order valence-electron chi connectivity index (χ0n) is 9.29. The van der Waals surface area contributed by atoms with Gasteiger partial charge >= 0.3 is 0 Å². The molecule has 3 atom stereocenters. The van der Waals surface area contributed by atoms with Crippen LogP contribution >= 0.6 is 19.1 Å². The third-order valence-electron chi connectivity index (χ3n) is 3.05. The standard InChI is InChI=1S/C11H17NOPS/c1-9-11(10-7-5-4-6-8-10)13-14(3,15)12(9)2/h4-9,11,15H,1-3H3/q+1/t9-,11-,14?/m0/s1. The molecular weight excluding hydrogens is 225 g/mol. The lowest BCUT2D eigenvalue weighted by molar-refractivity contribution is 0.217. The highest BCUT2D eigenvalue weighted by molar-refractivity contribution is 8.50. The molecule has 0 spiro atoms. The fourth-order valence-corrected chi connectivity index (χ4v) is 4.36. The van der Waals surface area contributed by atoms with E-state index in [0.29, 0.717) is 6.04 Å². The molecule has 82 valence electrons. The number of benzene rings is 1. The minimum absolute atomic E-state index is 0.159. The van der Waals surface area contributed by atoms with Gasteiger partial charge in [0.25, 0.3) is 6.84 Å². The number of hydrogen-bond acceptors (Lipinski definition) is 3. The van der Waals surface area contributed by atoms with Crippen LogP contribution in [0.2, 0.25) is 0 Å². The van der Waals surface area contributed by atoms with E-state index in [1.807, 2.05) is 6.07 Å². The van der Waals surface area contributed by atoms with Crippen molar-refractivity contribution in [1.82, 2.24) is 4.67 Å². The average Bonchev–Trinajstić information content (AvgIpc) is 2.44.